The SMILES string of the molecule is O=C(Nc1cc(=O)[nH]c(=O)[nH]1)c1cc2cccnc2n(Cc2ccc(Cl)cc2)c1=O. The molecule has 1 aromatic carbocycles. The molecule has 4 aromatic rings. The van der Waals surface area contributed by atoms with Gasteiger partial charge < -0.3 is 5.32 Å². The molecule has 3 aromatic heterocycles. The molecular weight excluding hydrogens is 410 g/mol. The van der Waals surface area contributed by atoms with Crippen LogP contribution in [0, 0.1) is 0 Å². The molecule has 0 saturated heterocycles. The van der Waals surface area contributed by atoms with E-state index in [-0.39, 0.29) is 17.9 Å². The van der Waals surface area contributed by atoms with Crippen LogP contribution in [-0.2, 0) is 6.54 Å². The summed E-state index contributed by atoms with van der Waals surface area (Å²) in [7, 11) is 0. The lowest BCUT2D eigenvalue weighted by molar-refractivity contribution is 0.102. The van der Waals surface area contributed by atoms with Crippen molar-refractivity contribution in [2.75, 3.05) is 5.32 Å². The van der Waals surface area contributed by atoms with Gasteiger partial charge in [0, 0.05) is 22.7 Å². The molecule has 0 radical (unpaired) electrons. The second-order valence-electron chi connectivity index (χ2n) is 6.45. The fraction of sp³-hybridized carbons (Fsp3) is 0.0500. The molecule has 0 aliphatic rings. The van der Waals surface area contributed by atoms with Gasteiger partial charge in [-0.1, -0.05) is 23.7 Å². The molecule has 1 amide bonds. The average molecular weight is 424 g/mol. The number of aromatic amines is 2. The van der Waals surface area contributed by atoms with Crippen molar-refractivity contribution in [1.29, 1.82) is 0 Å². The Morgan fingerprint density at radius 1 is 1.07 bits per heavy atom. The lowest BCUT2D eigenvalue weighted by atomic mass is 10.1. The summed E-state index contributed by atoms with van der Waals surface area (Å²) in [5.74, 6) is -0.888. The third kappa shape index (κ3) is 3.91. The van der Waals surface area contributed by atoms with Crippen LogP contribution in [0.5, 0.6) is 0 Å². The van der Waals surface area contributed by atoms with E-state index in [0.717, 1.165) is 11.6 Å². The number of nitrogens with zero attached hydrogens (tertiary/aromatic N) is 2. The van der Waals surface area contributed by atoms with Crippen molar-refractivity contribution >= 4 is 34.4 Å². The van der Waals surface area contributed by atoms with E-state index in [2.05, 4.69) is 15.3 Å². The van der Waals surface area contributed by atoms with Gasteiger partial charge in [0.25, 0.3) is 17.0 Å². The zero-order valence-electron chi connectivity index (χ0n) is 15.3. The smallest absolute Gasteiger partial charge is 0.308 e. The fourth-order valence-corrected chi connectivity index (χ4v) is 3.14. The summed E-state index contributed by atoms with van der Waals surface area (Å²) < 4.78 is 1.38. The third-order valence-electron chi connectivity index (χ3n) is 4.36. The van der Waals surface area contributed by atoms with Crippen LogP contribution < -0.4 is 22.1 Å². The van der Waals surface area contributed by atoms with E-state index in [4.69, 9.17) is 11.6 Å². The summed E-state index contributed by atoms with van der Waals surface area (Å²) >= 11 is 5.92. The lowest BCUT2D eigenvalue weighted by Crippen LogP contribution is -2.31. The predicted molar refractivity (Wildman–Crippen MR) is 112 cm³/mol. The molecule has 0 aliphatic carbocycles. The highest BCUT2D eigenvalue weighted by molar-refractivity contribution is 6.30. The van der Waals surface area contributed by atoms with Crippen LogP contribution in [0.1, 0.15) is 15.9 Å². The standard InChI is InChI=1S/C20H14ClN5O4/c21-13-5-3-11(4-6-13)10-26-17-12(2-1-7-22-17)8-14(19(26)29)18(28)23-15-9-16(27)25-20(30)24-15/h1-9H,10H2,(H3,23,24,25,27,28,30). The lowest BCUT2D eigenvalue weighted by Gasteiger charge is -2.12. The quantitative estimate of drug-likeness (QED) is 0.460. The van der Waals surface area contributed by atoms with Crippen LogP contribution in [0.3, 0.4) is 0 Å². The number of amides is 1. The summed E-state index contributed by atoms with van der Waals surface area (Å²) in [6.45, 7) is 0.173. The Morgan fingerprint density at radius 3 is 2.57 bits per heavy atom. The molecule has 3 heterocycles. The zero-order chi connectivity index (χ0) is 21.3. The molecule has 0 spiro atoms. The Bertz CT molecular complexity index is 1410. The van der Waals surface area contributed by atoms with Gasteiger partial charge in [-0.15, -0.1) is 0 Å². The maximum Gasteiger partial charge on any atom is 0.327 e. The van der Waals surface area contributed by atoms with Crippen molar-refractivity contribution in [1.82, 2.24) is 19.5 Å². The Labute approximate surface area is 173 Å². The molecule has 10 heteroatoms. The third-order valence-corrected chi connectivity index (χ3v) is 4.61. The first-order chi connectivity index (χ1) is 14.4. The van der Waals surface area contributed by atoms with E-state index in [9.17, 15) is 19.2 Å². The number of H-pyrrole nitrogens is 2. The van der Waals surface area contributed by atoms with Gasteiger partial charge in [-0.25, -0.2) is 9.78 Å². The number of benzene rings is 1. The van der Waals surface area contributed by atoms with E-state index in [1.807, 2.05) is 4.98 Å². The number of rotatable bonds is 4. The Kier molecular flexibility index (Phi) is 5.03. The van der Waals surface area contributed by atoms with Crippen molar-refractivity contribution in [2.24, 2.45) is 0 Å². The van der Waals surface area contributed by atoms with Gasteiger partial charge in [-0.2, -0.15) is 0 Å². The Balaban J connectivity index is 1.80. The number of carbonyl (C=O) groups excluding carboxylic acids is 1. The van der Waals surface area contributed by atoms with Crippen molar-refractivity contribution in [3.05, 3.63) is 102 Å². The number of aromatic nitrogens is 4. The van der Waals surface area contributed by atoms with Crippen molar-refractivity contribution < 1.29 is 4.79 Å². The van der Waals surface area contributed by atoms with E-state index in [1.165, 1.54) is 10.6 Å². The largest absolute Gasteiger partial charge is 0.327 e. The molecule has 4 rings (SSSR count). The first-order valence-corrected chi connectivity index (χ1v) is 9.16. The van der Waals surface area contributed by atoms with Crippen LogP contribution >= 0.6 is 11.6 Å². The molecule has 0 fully saturated rings. The molecule has 0 saturated carbocycles. The maximum absolute atomic E-state index is 13.1. The number of hydrogen-bond donors (Lipinski definition) is 3. The normalized spacial score (nSPS) is 10.8. The van der Waals surface area contributed by atoms with E-state index in [0.29, 0.717) is 16.1 Å². The highest BCUT2D eigenvalue weighted by Gasteiger charge is 2.17. The maximum atomic E-state index is 13.1. The van der Waals surface area contributed by atoms with Crippen molar-refractivity contribution in [2.45, 2.75) is 6.54 Å². The summed E-state index contributed by atoms with van der Waals surface area (Å²) in [6.07, 6.45) is 1.56. The first-order valence-electron chi connectivity index (χ1n) is 8.79. The number of hydrogen-bond acceptors (Lipinski definition) is 5. The number of fused-ring (bicyclic) bond motifs is 1. The number of nitrogens with one attached hydrogen (secondary N) is 3. The van der Waals surface area contributed by atoms with Crippen LogP contribution in [0.4, 0.5) is 5.82 Å². The minimum absolute atomic E-state index is 0.122. The topological polar surface area (TPSA) is 130 Å². The second-order valence-corrected chi connectivity index (χ2v) is 6.88. The fourth-order valence-electron chi connectivity index (χ4n) is 3.01. The summed E-state index contributed by atoms with van der Waals surface area (Å²) in [4.78, 5) is 57.3. The van der Waals surface area contributed by atoms with Gasteiger partial charge in [-0.05, 0) is 35.9 Å². The first kappa shape index (κ1) is 19.3. The highest BCUT2D eigenvalue weighted by Crippen LogP contribution is 2.15. The summed E-state index contributed by atoms with van der Waals surface area (Å²) in [5.41, 5.74) is -0.979. The van der Waals surface area contributed by atoms with Gasteiger partial charge >= 0.3 is 5.69 Å². The number of anilines is 1. The number of carbonyl (C=O) groups is 1. The van der Waals surface area contributed by atoms with Crippen molar-refractivity contribution in [3.63, 3.8) is 0 Å². The van der Waals surface area contributed by atoms with E-state index in [1.54, 1.807) is 42.6 Å². The molecular formula is C20H14ClN5O4. The molecule has 30 heavy (non-hydrogen) atoms. The Morgan fingerprint density at radius 2 is 1.83 bits per heavy atom. The predicted octanol–water partition coefficient (Wildman–Crippen LogP) is 1.73. The van der Waals surface area contributed by atoms with Gasteiger partial charge in [-0.3, -0.25) is 28.9 Å². The highest BCUT2D eigenvalue weighted by atomic mass is 35.5. The molecule has 150 valence electrons. The molecule has 9 nitrogen and oxygen atoms in total. The molecule has 0 atom stereocenters. The van der Waals surface area contributed by atoms with Gasteiger partial charge in [0.15, 0.2) is 0 Å². The molecule has 0 unspecified atom stereocenters. The van der Waals surface area contributed by atoms with Crippen molar-refractivity contribution in [3.8, 4) is 0 Å². The van der Waals surface area contributed by atoms with E-state index >= 15 is 0 Å². The monoisotopic (exact) mass is 423 g/mol. The second kappa shape index (κ2) is 7.80. The molecule has 3 N–H and O–H groups in total. The number of halogens is 1. The minimum Gasteiger partial charge on any atom is -0.308 e. The number of pyridine rings is 2. The molecule has 0 bridgehead atoms. The molecule has 0 aliphatic heterocycles. The average Bonchev–Trinajstić information content (AvgIpc) is 2.70. The summed E-state index contributed by atoms with van der Waals surface area (Å²) in [6, 6.07) is 12.8. The van der Waals surface area contributed by atoms with E-state index < -0.39 is 22.7 Å². The van der Waals surface area contributed by atoms with Gasteiger partial charge in [0.2, 0.25) is 0 Å². The summed E-state index contributed by atoms with van der Waals surface area (Å²) in [5, 5.41) is 3.52. The van der Waals surface area contributed by atoms with Gasteiger partial charge in [0.1, 0.15) is 17.0 Å². The van der Waals surface area contributed by atoms with Crippen LogP contribution in [0.25, 0.3) is 11.0 Å². The van der Waals surface area contributed by atoms with Gasteiger partial charge in [0.05, 0.1) is 6.54 Å². The minimum atomic E-state index is -0.777. The van der Waals surface area contributed by atoms with Crippen LogP contribution in [-0.4, -0.2) is 25.4 Å². The van der Waals surface area contributed by atoms with Crippen LogP contribution in [0.2, 0.25) is 5.02 Å². The van der Waals surface area contributed by atoms with Crippen LogP contribution in [0.15, 0.2) is 69.1 Å². The zero-order valence-corrected chi connectivity index (χ0v) is 16.1. The Hall–Kier alpha value is -3.98.